The molecule has 0 atom stereocenters. The van der Waals surface area contributed by atoms with E-state index in [0.717, 1.165) is 38.1 Å². The molecule has 0 aromatic carbocycles. The smallest absolute Gasteiger partial charge is 0.0489 e. The number of hydrogen-bond acceptors (Lipinski definition) is 2. The summed E-state index contributed by atoms with van der Waals surface area (Å²) in [6.07, 6.45) is 6.64. The van der Waals surface area contributed by atoms with Gasteiger partial charge in [-0.15, -0.1) is 0 Å². The van der Waals surface area contributed by atoms with Crippen molar-refractivity contribution in [3.63, 3.8) is 0 Å². The van der Waals surface area contributed by atoms with Crippen LogP contribution in [0.5, 0.6) is 0 Å². The van der Waals surface area contributed by atoms with Crippen molar-refractivity contribution < 1.29 is 4.74 Å². The summed E-state index contributed by atoms with van der Waals surface area (Å²) in [5, 5.41) is 3.70. The van der Waals surface area contributed by atoms with E-state index in [4.69, 9.17) is 4.74 Å². The molecular formula is C17H35NO. The molecule has 0 aliphatic heterocycles. The minimum atomic E-state index is 0.496. The summed E-state index contributed by atoms with van der Waals surface area (Å²) in [5.41, 5.74) is 0.496. The monoisotopic (exact) mass is 269 g/mol. The molecular weight excluding hydrogens is 234 g/mol. The van der Waals surface area contributed by atoms with Crippen LogP contribution in [0.1, 0.15) is 66.7 Å². The van der Waals surface area contributed by atoms with Crippen molar-refractivity contribution >= 4 is 0 Å². The highest BCUT2D eigenvalue weighted by atomic mass is 16.5. The maximum Gasteiger partial charge on any atom is 0.0489 e. The molecule has 1 N–H and O–H groups in total. The molecule has 114 valence electrons. The quantitative estimate of drug-likeness (QED) is 0.698. The van der Waals surface area contributed by atoms with Gasteiger partial charge in [0.2, 0.25) is 0 Å². The zero-order valence-corrected chi connectivity index (χ0v) is 13.8. The number of rotatable bonds is 7. The summed E-state index contributed by atoms with van der Waals surface area (Å²) in [7, 11) is 0. The Morgan fingerprint density at radius 3 is 2.26 bits per heavy atom. The predicted octanol–water partition coefficient (Wildman–Crippen LogP) is 4.24. The van der Waals surface area contributed by atoms with E-state index >= 15 is 0 Å². The standard InChI is InChI=1S/C17H35NO/c1-14(2)13-19-12-6-11-18-16-9-7-15(8-10-16)17(3,4)5/h14-16,18H,6-13H2,1-5H3. The zero-order valence-electron chi connectivity index (χ0n) is 13.8. The zero-order chi connectivity index (χ0) is 14.3. The van der Waals surface area contributed by atoms with Gasteiger partial charge in [-0.05, 0) is 55.9 Å². The van der Waals surface area contributed by atoms with E-state index in [-0.39, 0.29) is 0 Å². The van der Waals surface area contributed by atoms with Crippen LogP contribution in [0.25, 0.3) is 0 Å². The molecule has 0 aromatic rings. The van der Waals surface area contributed by atoms with Crippen molar-refractivity contribution in [1.29, 1.82) is 0 Å². The molecule has 2 heteroatoms. The first-order valence-corrected chi connectivity index (χ1v) is 8.20. The van der Waals surface area contributed by atoms with Crippen LogP contribution in [-0.2, 0) is 4.74 Å². The molecule has 0 spiro atoms. The molecule has 0 saturated heterocycles. The second kappa shape index (κ2) is 8.26. The van der Waals surface area contributed by atoms with Crippen molar-refractivity contribution in [1.82, 2.24) is 5.32 Å². The second-order valence-electron chi connectivity index (χ2n) is 7.69. The van der Waals surface area contributed by atoms with Crippen molar-refractivity contribution in [2.75, 3.05) is 19.8 Å². The van der Waals surface area contributed by atoms with Crippen molar-refractivity contribution in [3.05, 3.63) is 0 Å². The Bertz CT molecular complexity index is 224. The Morgan fingerprint density at radius 1 is 1.11 bits per heavy atom. The Hall–Kier alpha value is -0.0800. The first-order valence-electron chi connectivity index (χ1n) is 8.20. The maximum atomic E-state index is 5.61. The predicted molar refractivity (Wildman–Crippen MR) is 83.5 cm³/mol. The van der Waals surface area contributed by atoms with Crippen LogP contribution in [0, 0.1) is 17.3 Å². The van der Waals surface area contributed by atoms with Crippen LogP contribution >= 0.6 is 0 Å². The highest BCUT2D eigenvalue weighted by Gasteiger charge is 2.29. The topological polar surface area (TPSA) is 21.3 Å². The molecule has 19 heavy (non-hydrogen) atoms. The van der Waals surface area contributed by atoms with Gasteiger partial charge in [-0.2, -0.15) is 0 Å². The van der Waals surface area contributed by atoms with E-state index in [1.165, 1.54) is 25.7 Å². The summed E-state index contributed by atoms with van der Waals surface area (Å²) in [5.74, 6) is 1.57. The normalized spacial score (nSPS) is 24.9. The van der Waals surface area contributed by atoms with E-state index in [9.17, 15) is 0 Å². The third kappa shape index (κ3) is 7.31. The van der Waals surface area contributed by atoms with Crippen molar-refractivity contribution in [2.45, 2.75) is 72.8 Å². The molecule has 0 heterocycles. The van der Waals surface area contributed by atoms with Crippen LogP contribution in [-0.4, -0.2) is 25.8 Å². The van der Waals surface area contributed by atoms with E-state index < -0.39 is 0 Å². The van der Waals surface area contributed by atoms with Gasteiger partial charge < -0.3 is 10.1 Å². The van der Waals surface area contributed by atoms with Gasteiger partial charge in [0.1, 0.15) is 0 Å². The molecule has 0 radical (unpaired) electrons. The van der Waals surface area contributed by atoms with Crippen molar-refractivity contribution in [2.24, 2.45) is 17.3 Å². The Morgan fingerprint density at radius 2 is 1.74 bits per heavy atom. The van der Waals surface area contributed by atoms with E-state index in [2.05, 4.69) is 39.9 Å². The number of nitrogens with one attached hydrogen (secondary N) is 1. The van der Waals surface area contributed by atoms with Gasteiger partial charge in [-0.1, -0.05) is 34.6 Å². The highest BCUT2D eigenvalue weighted by molar-refractivity contribution is 4.83. The minimum Gasteiger partial charge on any atom is -0.381 e. The minimum absolute atomic E-state index is 0.496. The first-order chi connectivity index (χ1) is 8.89. The van der Waals surface area contributed by atoms with E-state index in [0.29, 0.717) is 11.3 Å². The Balaban J connectivity index is 2.01. The Kier molecular flexibility index (Phi) is 7.38. The van der Waals surface area contributed by atoms with Gasteiger partial charge in [0.05, 0.1) is 0 Å². The molecule has 0 unspecified atom stereocenters. The van der Waals surface area contributed by atoms with Crippen molar-refractivity contribution in [3.8, 4) is 0 Å². The number of hydrogen-bond donors (Lipinski definition) is 1. The summed E-state index contributed by atoms with van der Waals surface area (Å²) in [4.78, 5) is 0. The maximum absolute atomic E-state index is 5.61. The molecule has 0 aromatic heterocycles. The van der Waals surface area contributed by atoms with Gasteiger partial charge in [-0.3, -0.25) is 0 Å². The lowest BCUT2D eigenvalue weighted by Gasteiger charge is -2.37. The fraction of sp³-hybridized carbons (Fsp3) is 1.00. The molecule has 1 aliphatic rings. The third-order valence-corrected chi connectivity index (χ3v) is 4.30. The first kappa shape index (κ1) is 17.0. The van der Waals surface area contributed by atoms with E-state index in [1.54, 1.807) is 0 Å². The van der Waals surface area contributed by atoms with Gasteiger partial charge in [0.25, 0.3) is 0 Å². The van der Waals surface area contributed by atoms with Gasteiger partial charge >= 0.3 is 0 Å². The van der Waals surface area contributed by atoms with E-state index in [1.807, 2.05) is 0 Å². The SMILES string of the molecule is CC(C)COCCCNC1CCC(C(C)(C)C)CC1. The summed E-state index contributed by atoms with van der Waals surface area (Å²) < 4.78 is 5.61. The molecule has 1 aliphatic carbocycles. The molecule has 0 bridgehead atoms. The summed E-state index contributed by atoms with van der Waals surface area (Å²) >= 11 is 0. The number of ether oxygens (including phenoxy) is 1. The van der Waals surface area contributed by atoms with Gasteiger partial charge in [0.15, 0.2) is 0 Å². The van der Waals surface area contributed by atoms with Gasteiger partial charge in [0, 0.05) is 19.3 Å². The van der Waals surface area contributed by atoms with Crippen LogP contribution in [0.2, 0.25) is 0 Å². The summed E-state index contributed by atoms with van der Waals surface area (Å²) in [6, 6.07) is 0.753. The van der Waals surface area contributed by atoms with Gasteiger partial charge in [-0.25, -0.2) is 0 Å². The van der Waals surface area contributed by atoms with Crippen LogP contribution in [0.3, 0.4) is 0 Å². The average Bonchev–Trinajstić information content (AvgIpc) is 2.32. The molecule has 2 nitrogen and oxygen atoms in total. The fourth-order valence-corrected chi connectivity index (χ4v) is 2.96. The average molecular weight is 269 g/mol. The molecule has 1 saturated carbocycles. The fourth-order valence-electron chi connectivity index (χ4n) is 2.96. The third-order valence-electron chi connectivity index (χ3n) is 4.30. The molecule has 0 amide bonds. The largest absolute Gasteiger partial charge is 0.381 e. The van der Waals surface area contributed by atoms with Crippen LogP contribution < -0.4 is 5.32 Å². The summed E-state index contributed by atoms with van der Waals surface area (Å²) in [6.45, 7) is 14.5. The molecule has 1 fully saturated rings. The van der Waals surface area contributed by atoms with Crippen LogP contribution in [0.4, 0.5) is 0 Å². The highest BCUT2D eigenvalue weighted by Crippen LogP contribution is 2.37. The molecule has 1 rings (SSSR count). The lowest BCUT2D eigenvalue weighted by Crippen LogP contribution is -2.36. The second-order valence-corrected chi connectivity index (χ2v) is 7.69. The lowest BCUT2D eigenvalue weighted by molar-refractivity contribution is 0.106. The van der Waals surface area contributed by atoms with Crippen LogP contribution in [0.15, 0.2) is 0 Å². The Labute approximate surface area is 120 Å². The lowest BCUT2D eigenvalue weighted by atomic mass is 9.71.